The maximum Gasteiger partial charge on any atom is 0.344 e. The van der Waals surface area contributed by atoms with E-state index in [0.717, 1.165) is 8.44 Å². The highest BCUT2D eigenvalue weighted by atomic mass is 127. The highest BCUT2D eigenvalue weighted by Crippen LogP contribution is 2.18. The Morgan fingerprint density at radius 2 is 2.57 bits per heavy atom. The number of nitrogens with one attached hydrogen (secondary N) is 1. The van der Waals surface area contributed by atoms with E-state index < -0.39 is 12.1 Å². The minimum absolute atomic E-state index is 0.407. The van der Waals surface area contributed by atoms with Crippen molar-refractivity contribution in [2.45, 2.75) is 11.3 Å². The van der Waals surface area contributed by atoms with E-state index in [4.69, 9.17) is 10.9 Å². The van der Waals surface area contributed by atoms with Crippen molar-refractivity contribution in [2.24, 2.45) is 5.84 Å². The van der Waals surface area contributed by atoms with Crippen LogP contribution in [0.1, 0.15) is 6.17 Å². The quantitative estimate of drug-likeness (QED) is 0.211. The van der Waals surface area contributed by atoms with Crippen LogP contribution >= 0.6 is 34.4 Å². The molecule has 78 valence electrons. The van der Waals surface area contributed by atoms with Gasteiger partial charge in [0.2, 0.25) is 11.3 Å². The van der Waals surface area contributed by atoms with E-state index in [1.165, 1.54) is 11.8 Å². The fraction of sp³-hybridized carbons (Fsp3) is 0.500. The van der Waals surface area contributed by atoms with E-state index in [2.05, 4.69) is 43.5 Å². The van der Waals surface area contributed by atoms with E-state index in [0.29, 0.717) is 5.16 Å². The molecule has 0 aliphatic carbocycles. The molecule has 1 aromatic heterocycles. The fourth-order valence-corrected chi connectivity index (χ4v) is 2.04. The zero-order valence-corrected chi connectivity index (χ0v) is 9.77. The molecule has 0 fully saturated rings. The zero-order valence-electron chi connectivity index (χ0n) is 6.79. The minimum atomic E-state index is -1.14. The number of carboxylic acid groups (broad SMARTS) is 1. The number of nitrogens with zero attached hydrogens (tertiary/aromatic N) is 4. The number of hydrogen-bond acceptors (Lipinski definition) is 7. The van der Waals surface area contributed by atoms with Gasteiger partial charge in [-0.1, -0.05) is 34.4 Å². The van der Waals surface area contributed by atoms with Crippen molar-refractivity contribution in [3.8, 4) is 0 Å². The second-order valence-electron chi connectivity index (χ2n) is 2.07. The number of rotatable bonds is 5. The van der Waals surface area contributed by atoms with Gasteiger partial charge in [-0.3, -0.25) is 5.84 Å². The van der Waals surface area contributed by atoms with Crippen LogP contribution < -0.4 is 11.3 Å². The van der Waals surface area contributed by atoms with Crippen molar-refractivity contribution in [2.75, 3.05) is 3.76 Å². The van der Waals surface area contributed by atoms with Gasteiger partial charge >= 0.3 is 5.97 Å². The molecule has 0 radical (unpaired) electrons. The van der Waals surface area contributed by atoms with Crippen LogP contribution in [0.5, 0.6) is 0 Å². The molecule has 1 rings (SSSR count). The normalized spacial score (nSPS) is 12.7. The molecule has 0 aliphatic rings. The molecule has 1 aromatic rings. The van der Waals surface area contributed by atoms with E-state index in [-0.39, 0.29) is 0 Å². The highest BCUT2D eigenvalue weighted by Gasteiger charge is 2.22. The topological polar surface area (TPSA) is 119 Å². The molecule has 8 nitrogen and oxygen atoms in total. The number of hydrogen-bond donors (Lipinski definition) is 3. The van der Waals surface area contributed by atoms with Crippen molar-refractivity contribution < 1.29 is 9.90 Å². The van der Waals surface area contributed by atoms with E-state index in [1.54, 1.807) is 0 Å². The lowest BCUT2D eigenvalue weighted by molar-refractivity contribution is -0.142. The lowest BCUT2D eigenvalue weighted by atomic mass is 10.5. The van der Waals surface area contributed by atoms with Gasteiger partial charge < -0.3 is 5.11 Å². The third kappa shape index (κ3) is 2.52. The number of carboxylic acids is 1. The summed E-state index contributed by atoms with van der Waals surface area (Å²) in [5.41, 5.74) is 2.11. The number of alkyl halides is 1. The van der Waals surface area contributed by atoms with Gasteiger partial charge in [0.1, 0.15) is 0 Å². The molecule has 0 saturated carbocycles. The molecule has 0 spiro atoms. The van der Waals surface area contributed by atoms with Gasteiger partial charge in [-0.05, 0) is 10.4 Å². The van der Waals surface area contributed by atoms with Crippen molar-refractivity contribution >= 4 is 40.3 Å². The summed E-state index contributed by atoms with van der Waals surface area (Å²) >= 11 is 3.44. The monoisotopic (exact) mass is 330 g/mol. The van der Waals surface area contributed by atoms with Gasteiger partial charge in [0.25, 0.3) is 0 Å². The first-order valence-electron chi connectivity index (χ1n) is 3.36. The van der Waals surface area contributed by atoms with E-state index >= 15 is 0 Å². The van der Waals surface area contributed by atoms with Gasteiger partial charge in [-0.15, -0.1) is 5.10 Å². The maximum absolute atomic E-state index is 10.7. The summed E-state index contributed by atoms with van der Waals surface area (Å²) in [5, 5.41) is 19.7. The Morgan fingerprint density at radius 3 is 3.07 bits per heavy atom. The maximum atomic E-state index is 10.7. The average Bonchev–Trinajstić information content (AvgIpc) is 2.55. The molecule has 0 bridgehead atoms. The Hall–Kier alpha value is -0.460. The number of aromatic nitrogens is 4. The van der Waals surface area contributed by atoms with Crippen LogP contribution in [0.4, 0.5) is 0 Å². The molecule has 1 heterocycles. The molecular weight excluding hydrogens is 323 g/mol. The summed E-state index contributed by atoms with van der Waals surface area (Å²) in [5.74, 6) is 3.93. The Labute approximate surface area is 96.7 Å². The second-order valence-corrected chi connectivity index (χ2v) is 4.81. The van der Waals surface area contributed by atoms with E-state index in [9.17, 15) is 4.79 Å². The minimum Gasteiger partial charge on any atom is -0.479 e. The van der Waals surface area contributed by atoms with Gasteiger partial charge in [0, 0.05) is 0 Å². The lowest BCUT2D eigenvalue weighted by Gasteiger charge is -2.11. The molecule has 0 aliphatic heterocycles. The Morgan fingerprint density at radius 1 is 1.86 bits per heavy atom. The number of halogens is 1. The summed E-state index contributed by atoms with van der Waals surface area (Å²) < 4.78 is 1.83. The van der Waals surface area contributed by atoms with Crippen LogP contribution in [0, 0.1) is 0 Å². The highest BCUT2D eigenvalue weighted by molar-refractivity contribution is 14.1. The molecular formula is C4H7IN6O2S. The van der Waals surface area contributed by atoms with Crippen LogP contribution in [0.25, 0.3) is 0 Å². The van der Waals surface area contributed by atoms with Crippen molar-refractivity contribution in [1.29, 1.82) is 0 Å². The van der Waals surface area contributed by atoms with E-state index in [1.807, 2.05) is 0 Å². The van der Waals surface area contributed by atoms with Crippen LogP contribution in [-0.2, 0) is 4.79 Å². The Kier molecular flexibility index (Phi) is 4.50. The molecule has 0 aromatic carbocycles. The van der Waals surface area contributed by atoms with Crippen molar-refractivity contribution in [3.05, 3.63) is 0 Å². The molecule has 1 unspecified atom stereocenters. The molecule has 0 saturated heterocycles. The Bertz CT molecular complexity index is 319. The summed E-state index contributed by atoms with van der Waals surface area (Å²) in [7, 11) is 0. The zero-order chi connectivity index (χ0) is 10.6. The van der Waals surface area contributed by atoms with Crippen molar-refractivity contribution in [3.63, 3.8) is 0 Å². The van der Waals surface area contributed by atoms with Gasteiger partial charge in [-0.25, -0.2) is 10.2 Å². The van der Waals surface area contributed by atoms with Crippen LogP contribution in [0.3, 0.4) is 0 Å². The fourth-order valence-electron chi connectivity index (χ4n) is 0.738. The number of hydrazine groups is 1. The van der Waals surface area contributed by atoms with Crippen LogP contribution in [0.2, 0.25) is 0 Å². The summed E-state index contributed by atoms with van der Waals surface area (Å²) in [4.78, 5) is 10.7. The number of carbonyl (C=O) groups is 1. The Balaban J connectivity index is 2.91. The summed E-state index contributed by atoms with van der Waals surface area (Å²) in [6.45, 7) is 0. The first kappa shape index (κ1) is 11.6. The van der Waals surface area contributed by atoms with Crippen LogP contribution in [-0.4, -0.2) is 35.0 Å². The second kappa shape index (κ2) is 5.43. The van der Waals surface area contributed by atoms with Gasteiger partial charge in [0.15, 0.2) is 0 Å². The SMILES string of the molecule is NNC(C(=O)O)n1nnnc1SCI. The summed E-state index contributed by atoms with van der Waals surface area (Å²) in [6.07, 6.45) is -1.14. The van der Waals surface area contributed by atoms with Crippen LogP contribution in [0.15, 0.2) is 5.16 Å². The summed E-state index contributed by atoms with van der Waals surface area (Å²) in [6, 6.07) is 0. The van der Waals surface area contributed by atoms with Gasteiger partial charge in [-0.2, -0.15) is 4.68 Å². The van der Waals surface area contributed by atoms with Crippen molar-refractivity contribution in [1.82, 2.24) is 25.6 Å². The largest absolute Gasteiger partial charge is 0.479 e. The first-order chi connectivity index (χ1) is 6.70. The third-order valence-electron chi connectivity index (χ3n) is 1.28. The average molecular weight is 330 g/mol. The number of tetrazole rings is 1. The third-order valence-corrected chi connectivity index (χ3v) is 2.85. The predicted octanol–water partition coefficient (Wildman–Crippen LogP) is -0.796. The van der Waals surface area contributed by atoms with Gasteiger partial charge in [0.05, 0.1) is 3.76 Å². The standard InChI is InChI=1S/C4H7IN6O2S/c5-1-14-4-8-9-10-11(4)2(7-6)3(12)13/h2,7H,1,6H2,(H,12,13). The molecule has 10 heteroatoms. The molecule has 4 N–H and O–H groups in total. The number of aliphatic carboxylic acids is 1. The number of thioether (sulfide) groups is 1. The number of nitrogens with two attached hydrogens (primary N) is 1. The first-order valence-corrected chi connectivity index (χ1v) is 5.87. The molecule has 0 amide bonds. The molecule has 1 atom stereocenters. The predicted molar refractivity (Wildman–Crippen MR) is 56.6 cm³/mol. The molecule has 14 heavy (non-hydrogen) atoms. The lowest BCUT2D eigenvalue weighted by Crippen LogP contribution is -2.39. The smallest absolute Gasteiger partial charge is 0.344 e.